The van der Waals surface area contributed by atoms with Crippen molar-refractivity contribution in [1.82, 2.24) is 14.9 Å². The Bertz CT molecular complexity index is 456. The van der Waals surface area contributed by atoms with Crippen molar-refractivity contribution >= 4 is 5.78 Å². The van der Waals surface area contributed by atoms with E-state index in [0.29, 0.717) is 17.1 Å². The molecule has 0 aromatic carbocycles. The largest absolute Gasteiger partial charge is 0.364 e. The number of ketones is 1. The fraction of sp³-hybridized carbons (Fsp3) is 0.222. The molecule has 0 radical (unpaired) electrons. The van der Waals surface area contributed by atoms with Gasteiger partial charge >= 0.3 is 0 Å². The van der Waals surface area contributed by atoms with E-state index in [1.54, 1.807) is 19.2 Å². The highest BCUT2D eigenvalue weighted by Gasteiger charge is 2.11. The zero-order chi connectivity index (χ0) is 10.1. The molecule has 0 unspecified atom stereocenters. The molecule has 0 aliphatic carbocycles. The number of hydrogen-bond donors (Lipinski definition) is 0. The van der Waals surface area contributed by atoms with Gasteiger partial charge in [-0.15, -0.1) is 0 Å². The molecule has 5 nitrogen and oxygen atoms in total. The predicted octanol–water partition coefficient (Wildman–Crippen LogP) is 1.28. The summed E-state index contributed by atoms with van der Waals surface area (Å²) in [5, 5.41) is 7.89. The first-order chi connectivity index (χ1) is 6.68. The number of carbonyl (C=O) groups excluding carboxylic acids is 1. The number of carbonyl (C=O) groups is 1. The predicted molar refractivity (Wildman–Crippen MR) is 48.7 cm³/mol. The van der Waals surface area contributed by atoms with E-state index in [2.05, 4.69) is 10.3 Å². The Hall–Kier alpha value is -1.91. The Labute approximate surface area is 80.3 Å². The quantitative estimate of drug-likeness (QED) is 0.671. The molecule has 0 aliphatic rings. The number of nitrogens with zero attached hydrogens (tertiary/aromatic N) is 3. The van der Waals surface area contributed by atoms with Gasteiger partial charge in [0.05, 0.1) is 0 Å². The molecule has 5 heteroatoms. The van der Waals surface area contributed by atoms with Gasteiger partial charge in [0.2, 0.25) is 0 Å². The number of aryl methyl sites for hydroxylation is 1. The van der Waals surface area contributed by atoms with Gasteiger partial charge < -0.3 is 4.52 Å². The van der Waals surface area contributed by atoms with Crippen LogP contribution in [-0.2, 0) is 7.05 Å². The van der Waals surface area contributed by atoms with E-state index in [-0.39, 0.29) is 5.78 Å². The molecular formula is C9H9N3O2. The van der Waals surface area contributed by atoms with Crippen molar-refractivity contribution < 1.29 is 9.32 Å². The number of rotatable bonds is 2. The van der Waals surface area contributed by atoms with Crippen molar-refractivity contribution in [2.45, 2.75) is 6.92 Å². The van der Waals surface area contributed by atoms with Crippen molar-refractivity contribution in [3.8, 4) is 11.4 Å². The number of hydrogen-bond acceptors (Lipinski definition) is 4. The summed E-state index contributed by atoms with van der Waals surface area (Å²) in [5.41, 5.74) is 1.84. The summed E-state index contributed by atoms with van der Waals surface area (Å²) in [6.07, 6.45) is 1.47. The van der Waals surface area contributed by atoms with Gasteiger partial charge in [0.1, 0.15) is 23.3 Å². The van der Waals surface area contributed by atoms with Crippen LogP contribution in [0, 0.1) is 0 Å². The van der Waals surface area contributed by atoms with Crippen molar-refractivity contribution in [1.29, 1.82) is 0 Å². The summed E-state index contributed by atoms with van der Waals surface area (Å²) in [7, 11) is 1.72. The Morgan fingerprint density at radius 3 is 2.79 bits per heavy atom. The van der Waals surface area contributed by atoms with Crippen LogP contribution in [0.25, 0.3) is 11.4 Å². The molecule has 14 heavy (non-hydrogen) atoms. The molecule has 2 heterocycles. The van der Waals surface area contributed by atoms with Gasteiger partial charge in [0.15, 0.2) is 5.78 Å². The minimum absolute atomic E-state index is 0.0188. The normalized spacial score (nSPS) is 10.4. The third-order valence-electron chi connectivity index (χ3n) is 1.94. The second kappa shape index (κ2) is 3.10. The van der Waals surface area contributed by atoms with Crippen LogP contribution >= 0.6 is 0 Å². The molecule has 0 N–H and O–H groups in total. The van der Waals surface area contributed by atoms with Gasteiger partial charge in [-0.25, -0.2) is 0 Å². The Morgan fingerprint density at radius 1 is 1.50 bits per heavy atom. The summed E-state index contributed by atoms with van der Waals surface area (Å²) in [4.78, 5) is 11.1. The van der Waals surface area contributed by atoms with Crippen molar-refractivity contribution in [3.63, 3.8) is 0 Å². The van der Waals surface area contributed by atoms with E-state index in [9.17, 15) is 4.79 Å². The lowest BCUT2D eigenvalue weighted by Crippen LogP contribution is -2.02. The molecule has 0 saturated heterocycles. The second-order valence-corrected chi connectivity index (χ2v) is 2.98. The minimum atomic E-state index is -0.0188. The van der Waals surface area contributed by atoms with Gasteiger partial charge in [0, 0.05) is 20.0 Å². The highest BCUT2D eigenvalue weighted by atomic mass is 16.5. The van der Waals surface area contributed by atoms with Crippen LogP contribution in [0.2, 0.25) is 0 Å². The standard InChI is InChI=1S/C9H9N3O2/c1-6(13)9-5-8(10-12(9)2)7-3-4-14-11-7/h3-5H,1-2H3. The van der Waals surface area contributed by atoms with Crippen LogP contribution in [0.4, 0.5) is 0 Å². The zero-order valence-corrected chi connectivity index (χ0v) is 7.89. The maximum Gasteiger partial charge on any atom is 0.177 e. The molecular weight excluding hydrogens is 182 g/mol. The average molecular weight is 191 g/mol. The molecule has 2 aromatic rings. The molecule has 0 fully saturated rings. The lowest BCUT2D eigenvalue weighted by atomic mass is 10.2. The molecule has 2 rings (SSSR count). The summed E-state index contributed by atoms with van der Waals surface area (Å²) < 4.78 is 6.23. The van der Waals surface area contributed by atoms with Crippen molar-refractivity contribution in [2.24, 2.45) is 7.05 Å². The summed E-state index contributed by atoms with van der Waals surface area (Å²) in [5.74, 6) is -0.0188. The first-order valence-electron chi connectivity index (χ1n) is 4.14. The fourth-order valence-corrected chi connectivity index (χ4v) is 1.27. The zero-order valence-electron chi connectivity index (χ0n) is 7.89. The lowest BCUT2D eigenvalue weighted by molar-refractivity contribution is 0.100. The van der Waals surface area contributed by atoms with Gasteiger partial charge in [0.25, 0.3) is 0 Å². The van der Waals surface area contributed by atoms with Crippen LogP contribution in [0.5, 0.6) is 0 Å². The molecule has 0 spiro atoms. The average Bonchev–Trinajstić information content (AvgIpc) is 2.70. The summed E-state index contributed by atoms with van der Waals surface area (Å²) in [6, 6.07) is 3.40. The van der Waals surface area contributed by atoms with Gasteiger partial charge in [-0.1, -0.05) is 5.16 Å². The smallest absolute Gasteiger partial charge is 0.177 e. The lowest BCUT2D eigenvalue weighted by Gasteiger charge is -1.92. The first-order valence-corrected chi connectivity index (χ1v) is 4.14. The van der Waals surface area contributed by atoms with Crippen molar-refractivity contribution in [2.75, 3.05) is 0 Å². The first kappa shape index (κ1) is 8.68. The van der Waals surface area contributed by atoms with Crippen LogP contribution in [0.1, 0.15) is 17.4 Å². The molecule has 2 aromatic heterocycles. The highest BCUT2D eigenvalue weighted by molar-refractivity contribution is 5.93. The molecule has 0 atom stereocenters. The number of aromatic nitrogens is 3. The monoisotopic (exact) mass is 191 g/mol. The van der Waals surface area contributed by atoms with Crippen LogP contribution in [-0.4, -0.2) is 20.7 Å². The summed E-state index contributed by atoms with van der Waals surface area (Å²) >= 11 is 0. The summed E-state index contributed by atoms with van der Waals surface area (Å²) in [6.45, 7) is 1.50. The molecule has 0 amide bonds. The topological polar surface area (TPSA) is 60.9 Å². The Kier molecular flexibility index (Phi) is 1.92. The van der Waals surface area contributed by atoms with E-state index in [0.717, 1.165) is 0 Å². The molecule has 0 aliphatic heterocycles. The van der Waals surface area contributed by atoms with Gasteiger partial charge in [-0.2, -0.15) is 5.10 Å². The molecule has 0 saturated carbocycles. The Balaban J connectivity index is 2.48. The molecule has 0 bridgehead atoms. The van der Waals surface area contributed by atoms with Gasteiger partial charge in [-0.3, -0.25) is 9.48 Å². The van der Waals surface area contributed by atoms with E-state index in [1.165, 1.54) is 17.9 Å². The third kappa shape index (κ3) is 1.32. The van der Waals surface area contributed by atoms with E-state index in [4.69, 9.17) is 4.52 Å². The van der Waals surface area contributed by atoms with Gasteiger partial charge in [-0.05, 0) is 6.07 Å². The van der Waals surface area contributed by atoms with Crippen LogP contribution in [0.3, 0.4) is 0 Å². The fourth-order valence-electron chi connectivity index (χ4n) is 1.27. The van der Waals surface area contributed by atoms with Crippen LogP contribution < -0.4 is 0 Å². The second-order valence-electron chi connectivity index (χ2n) is 2.98. The van der Waals surface area contributed by atoms with E-state index in [1.807, 2.05) is 0 Å². The molecule has 72 valence electrons. The van der Waals surface area contributed by atoms with Crippen LogP contribution in [0.15, 0.2) is 22.9 Å². The number of Topliss-reactive ketones (excluding diaryl/α,β-unsaturated/α-hetero) is 1. The maximum absolute atomic E-state index is 11.1. The van der Waals surface area contributed by atoms with Crippen molar-refractivity contribution in [3.05, 3.63) is 24.1 Å². The Morgan fingerprint density at radius 2 is 2.29 bits per heavy atom. The van der Waals surface area contributed by atoms with E-state index >= 15 is 0 Å². The third-order valence-corrected chi connectivity index (χ3v) is 1.94. The minimum Gasteiger partial charge on any atom is -0.364 e. The van der Waals surface area contributed by atoms with E-state index < -0.39 is 0 Å². The SMILES string of the molecule is CC(=O)c1cc(-c2ccon2)nn1C. The highest BCUT2D eigenvalue weighted by Crippen LogP contribution is 2.16. The maximum atomic E-state index is 11.1.